The summed E-state index contributed by atoms with van der Waals surface area (Å²) < 4.78 is 7.49. The fourth-order valence-electron chi connectivity index (χ4n) is 5.57. The third-order valence-electron chi connectivity index (χ3n) is 7.07. The fourth-order valence-corrected chi connectivity index (χ4v) is 8.53. The molecule has 3 rings (SSSR count). The number of nitrogens with zero attached hydrogens (tertiary/aromatic N) is 1. The van der Waals surface area contributed by atoms with Crippen molar-refractivity contribution in [1.82, 2.24) is 0 Å². The minimum absolute atomic E-state index is 0.0364. The highest BCUT2D eigenvalue weighted by Gasteiger charge is 2.66. The summed E-state index contributed by atoms with van der Waals surface area (Å²) in [4.78, 5) is 27.0. The zero-order valence-electron chi connectivity index (χ0n) is 20.7. The Morgan fingerprint density at radius 3 is 2.58 bits per heavy atom. The molecule has 1 fully saturated rings. The summed E-state index contributed by atoms with van der Waals surface area (Å²) in [6, 6.07) is 5.92. The number of allylic oxidation sites excluding steroid dienone is 3. The van der Waals surface area contributed by atoms with Gasteiger partial charge in [-0.2, -0.15) is 0 Å². The first-order chi connectivity index (χ1) is 15.4. The summed E-state index contributed by atoms with van der Waals surface area (Å²) in [5.41, 5.74) is 2.99. The Morgan fingerprint density at radius 1 is 1.27 bits per heavy atom. The first kappa shape index (κ1) is 26.4. The molecule has 1 spiro atoms. The van der Waals surface area contributed by atoms with E-state index in [1.165, 1.54) is 11.1 Å². The standard InChI is InChI=1S/C26H38BrNO4Si/c1-17(2)8-7-9-18(3)12-14-28-22-11-10-20(27)16-21(22)26(25(28)30)19(4)24(33(5,6)31)23(32-26)13-15-29/h8,10-12,16,19,23-24,29,31H,7,9,13-15H2,1-6H3/b18-12+/t19-,23+,24-,26+/m0/s1. The Kier molecular flexibility index (Phi) is 8.11. The number of hydrogen-bond acceptors (Lipinski definition) is 4. The Bertz CT molecular complexity index is 950. The average molecular weight is 537 g/mol. The molecule has 0 saturated carbocycles. The van der Waals surface area contributed by atoms with Gasteiger partial charge in [-0.25, -0.2) is 0 Å². The van der Waals surface area contributed by atoms with Gasteiger partial charge in [-0.1, -0.05) is 46.2 Å². The molecule has 1 aromatic rings. The van der Waals surface area contributed by atoms with E-state index in [0.29, 0.717) is 13.0 Å². The van der Waals surface area contributed by atoms with Crippen molar-refractivity contribution in [2.24, 2.45) is 5.92 Å². The number of hydrogen-bond donors (Lipinski definition) is 2. The zero-order chi connectivity index (χ0) is 24.6. The summed E-state index contributed by atoms with van der Waals surface area (Å²) in [5, 5.41) is 9.67. The Labute approximate surface area is 207 Å². The maximum atomic E-state index is 14.1. The summed E-state index contributed by atoms with van der Waals surface area (Å²) in [6.45, 7) is 12.6. The van der Waals surface area contributed by atoms with E-state index in [2.05, 4.69) is 48.9 Å². The summed E-state index contributed by atoms with van der Waals surface area (Å²) >= 11 is 3.57. The molecule has 1 amide bonds. The van der Waals surface area contributed by atoms with Gasteiger partial charge < -0.3 is 19.5 Å². The molecular weight excluding hydrogens is 498 g/mol. The van der Waals surface area contributed by atoms with Gasteiger partial charge in [-0.3, -0.25) is 4.79 Å². The van der Waals surface area contributed by atoms with Crippen molar-refractivity contribution in [1.29, 1.82) is 0 Å². The van der Waals surface area contributed by atoms with Crippen LogP contribution in [-0.2, 0) is 15.1 Å². The first-order valence-electron chi connectivity index (χ1n) is 11.9. The van der Waals surface area contributed by atoms with Gasteiger partial charge in [0, 0.05) is 34.6 Å². The van der Waals surface area contributed by atoms with Gasteiger partial charge >= 0.3 is 0 Å². The molecule has 1 saturated heterocycles. The van der Waals surface area contributed by atoms with Crippen LogP contribution in [0.5, 0.6) is 0 Å². The van der Waals surface area contributed by atoms with Crippen molar-refractivity contribution in [3.63, 3.8) is 0 Å². The first-order valence-corrected chi connectivity index (χ1v) is 15.7. The highest BCUT2D eigenvalue weighted by molar-refractivity contribution is 9.10. The molecular formula is C26H38BrNO4Si. The van der Waals surface area contributed by atoms with E-state index in [1.54, 1.807) is 0 Å². The van der Waals surface area contributed by atoms with Crippen LogP contribution in [0.3, 0.4) is 0 Å². The monoisotopic (exact) mass is 535 g/mol. The van der Waals surface area contributed by atoms with Gasteiger partial charge in [0.1, 0.15) is 0 Å². The number of rotatable bonds is 8. The van der Waals surface area contributed by atoms with Crippen molar-refractivity contribution < 1.29 is 19.4 Å². The lowest BCUT2D eigenvalue weighted by Gasteiger charge is -2.32. The third kappa shape index (κ3) is 5.08. The largest absolute Gasteiger partial charge is 0.432 e. The second kappa shape index (κ2) is 10.2. The van der Waals surface area contributed by atoms with E-state index < -0.39 is 13.9 Å². The van der Waals surface area contributed by atoms with Crippen molar-refractivity contribution in [2.45, 2.75) is 77.3 Å². The average Bonchev–Trinajstić information content (AvgIpc) is 3.13. The van der Waals surface area contributed by atoms with Crippen molar-refractivity contribution in [3.05, 3.63) is 51.5 Å². The van der Waals surface area contributed by atoms with E-state index in [4.69, 9.17) is 4.74 Å². The Hall–Kier alpha value is -1.25. The van der Waals surface area contributed by atoms with E-state index >= 15 is 0 Å². The number of carbonyl (C=O) groups excluding carboxylic acids is 1. The second-order valence-electron chi connectivity index (χ2n) is 10.3. The van der Waals surface area contributed by atoms with Crippen molar-refractivity contribution in [3.8, 4) is 0 Å². The molecule has 5 nitrogen and oxygen atoms in total. The summed E-state index contributed by atoms with van der Waals surface area (Å²) in [5.74, 6) is -0.269. The zero-order valence-corrected chi connectivity index (χ0v) is 23.3. The van der Waals surface area contributed by atoms with E-state index in [0.717, 1.165) is 28.6 Å². The molecule has 0 bridgehead atoms. The molecule has 2 aliphatic rings. The topological polar surface area (TPSA) is 70.0 Å². The summed E-state index contributed by atoms with van der Waals surface area (Å²) in [7, 11) is -2.66. The number of anilines is 1. The molecule has 2 aliphatic heterocycles. The number of halogens is 1. The number of carbonyl (C=O) groups is 1. The summed E-state index contributed by atoms with van der Waals surface area (Å²) in [6.07, 6.45) is 6.38. The predicted molar refractivity (Wildman–Crippen MR) is 140 cm³/mol. The number of aliphatic hydroxyl groups is 1. The number of benzene rings is 1. The Balaban J connectivity index is 1.99. The number of fused-ring (bicyclic) bond motifs is 2. The van der Waals surface area contributed by atoms with Crippen LogP contribution in [-0.4, -0.2) is 43.4 Å². The van der Waals surface area contributed by atoms with Gasteiger partial charge in [-0.05, 0) is 71.3 Å². The molecule has 0 radical (unpaired) electrons. The van der Waals surface area contributed by atoms with Gasteiger partial charge in [0.05, 0.1) is 11.8 Å². The quantitative estimate of drug-likeness (QED) is 0.332. The van der Waals surface area contributed by atoms with E-state index in [1.807, 2.05) is 43.1 Å². The minimum Gasteiger partial charge on any atom is -0.432 e. The normalized spacial score (nSPS) is 27.4. The third-order valence-corrected chi connectivity index (χ3v) is 10.1. The highest BCUT2D eigenvalue weighted by Crippen LogP contribution is 2.59. The molecule has 33 heavy (non-hydrogen) atoms. The number of amides is 1. The van der Waals surface area contributed by atoms with Gasteiger partial charge in [-0.15, -0.1) is 0 Å². The molecule has 7 heteroatoms. The van der Waals surface area contributed by atoms with Crippen LogP contribution in [0, 0.1) is 5.92 Å². The van der Waals surface area contributed by atoms with Gasteiger partial charge in [0.15, 0.2) is 13.9 Å². The van der Waals surface area contributed by atoms with Crippen LogP contribution in [0.1, 0.15) is 52.5 Å². The highest BCUT2D eigenvalue weighted by atomic mass is 79.9. The maximum absolute atomic E-state index is 14.1. The molecule has 0 aliphatic carbocycles. The lowest BCUT2D eigenvalue weighted by atomic mass is 9.82. The van der Waals surface area contributed by atoms with Crippen molar-refractivity contribution >= 4 is 35.8 Å². The maximum Gasteiger partial charge on any atom is 0.264 e. The second-order valence-corrected chi connectivity index (χ2v) is 15.2. The SMILES string of the molecule is CC(C)=CCC/C(C)=C/CN1C(=O)[C@]2(O[C@H](CCO)[C@@H]([Si](C)(C)O)[C@@H]2C)c2cc(Br)ccc21. The molecule has 1 aromatic carbocycles. The molecule has 4 atom stereocenters. The van der Waals surface area contributed by atoms with Crippen molar-refractivity contribution in [2.75, 3.05) is 18.1 Å². The molecule has 2 N–H and O–H groups in total. The van der Waals surface area contributed by atoms with Crippen LogP contribution in [0.25, 0.3) is 0 Å². The fraction of sp³-hybridized carbons (Fsp3) is 0.577. The van der Waals surface area contributed by atoms with Gasteiger partial charge in [0.25, 0.3) is 5.91 Å². The number of aliphatic hydroxyl groups excluding tert-OH is 1. The lowest BCUT2D eigenvalue weighted by Crippen LogP contribution is -2.46. The smallest absolute Gasteiger partial charge is 0.264 e. The van der Waals surface area contributed by atoms with Crippen LogP contribution in [0.15, 0.2) is 46.0 Å². The molecule has 182 valence electrons. The van der Waals surface area contributed by atoms with Crippen LogP contribution in [0.2, 0.25) is 18.6 Å². The van der Waals surface area contributed by atoms with Crippen LogP contribution in [0.4, 0.5) is 5.69 Å². The Morgan fingerprint density at radius 2 is 1.97 bits per heavy atom. The number of ether oxygens (including phenoxy) is 1. The molecule has 0 unspecified atom stereocenters. The van der Waals surface area contributed by atoms with Crippen LogP contribution < -0.4 is 4.90 Å². The lowest BCUT2D eigenvalue weighted by molar-refractivity contribution is -0.146. The van der Waals surface area contributed by atoms with E-state index in [9.17, 15) is 14.7 Å². The molecule has 2 heterocycles. The van der Waals surface area contributed by atoms with E-state index in [-0.39, 0.29) is 30.1 Å². The predicted octanol–water partition coefficient (Wildman–Crippen LogP) is 5.67. The van der Waals surface area contributed by atoms with Crippen LogP contribution >= 0.6 is 15.9 Å². The minimum atomic E-state index is -2.66. The molecule has 0 aromatic heterocycles. The van der Waals surface area contributed by atoms with Gasteiger partial charge in [0.2, 0.25) is 0 Å².